The average molecular weight is 507 g/mol. The summed E-state index contributed by atoms with van der Waals surface area (Å²) in [7, 11) is 0. The van der Waals surface area contributed by atoms with E-state index < -0.39 is 41.0 Å². The Kier molecular flexibility index (Phi) is 5.26. The van der Waals surface area contributed by atoms with Gasteiger partial charge in [0.05, 0.1) is 35.9 Å². The molecule has 0 aromatic heterocycles. The summed E-state index contributed by atoms with van der Waals surface area (Å²) in [6.45, 7) is 13.6. The quantitative estimate of drug-likeness (QED) is 0.372. The summed E-state index contributed by atoms with van der Waals surface area (Å²) in [4.78, 5) is 0. The molecule has 1 spiro atoms. The Hall–Kier alpha value is -0.240. The molecule has 1 heterocycles. The molecule has 5 N–H and O–H groups in total. The summed E-state index contributed by atoms with van der Waals surface area (Å²) in [5, 5.41) is 56.3. The largest absolute Gasteiger partial charge is 0.396 e. The van der Waals surface area contributed by atoms with E-state index in [2.05, 4.69) is 41.5 Å². The number of aliphatic hydroxyl groups is 5. The Morgan fingerprint density at radius 2 is 1.33 bits per heavy atom. The highest BCUT2D eigenvalue weighted by molar-refractivity contribution is 5.30. The third-order valence-electron chi connectivity index (χ3n) is 14.3. The van der Waals surface area contributed by atoms with Crippen LogP contribution in [0.3, 0.4) is 0 Å². The summed E-state index contributed by atoms with van der Waals surface area (Å²) in [6, 6.07) is 0. The summed E-state index contributed by atoms with van der Waals surface area (Å²) in [5.41, 5.74) is -2.67. The van der Waals surface area contributed by atoms with Crippen molar-refractivity contribution in [3.8, 4) is 0 Å². The van der Waals surface area contributed by atoms with E-state index in [1.165, 1.54) is 0 Å². The fourth-order valence-electron chi connectivity index (χ4n) is 12.4. The topological polar surface area (TPSA) is 110 Å². The molecule has 0 radical (unpaired) electrons. The Morgan fingerprint density at radius 1 is 0.694 bits per heavy atom. The van der Waals surface area contributed by atoms with Gasteiger partial charge in [-0.2, -0.15) is 0 Å². The Labute approximate surface area is 216 Å². The van der Waals surface area contributed by atoms with Gasteiger partial charge in [0.2, 0.25) is 0 Å². The van der Waals surface area contributed by atoms with Crippen LogP contribution in [0.2, 0.25) is 0 Å². The second-order valence-electron chi connectivity index (χ2n) is 15.9. The standard InChI is InChI=1S/C30H50O6/c1-24(2)13-19-29-12-8-18-25(3)10-9-20(32)26(4,16-31)17(25)7-11-27(18,5)28(29,6)15-22(34)30(19,21(33)14-24)23(35)36-29/h17-23,31-35H,7-16H2,1-6H3/t17-,18-,19+,20+,21+,22-,23-,25+,26+,27-,28+,29+,30+/m1/s1. The first kappa shape index (κ1) is 26.0. The molecule has 6 fully saturated rings. The van der Waals surface area contributed by atoms with Crippen LogP contribution in [0, 0.1) is 50.2 Å². The minimum atomic E-state index is -1.15. The number of fused-ring (bicyclic) bond motifs is 4. The molecule has 1 aliphatic heterocycles. The van der Waals surface area contributed by atoms with Gasteiger partial charge in [-0.3, -0.25) is 0 Å². The minimum absolute atomic E-state index is 0.00461. The smallest absolute Gasteiger partial charge is 0.166 e. The number of aliphatic hydroxyl groups excluding tert-OH is 5. The number of hydrogen-bond acceptors (Lipinski definition) is 6. The Bertz CT molecular complexity index is 938. The molecule has 0 aromatic carbocycles. The van der Waals surface area contributed by atoms with Crippen LogP contribution in [0.4, 0.5) is 0 Å². The number of hydrogen-bond donors (Lipinski definition) is 5. The Morgan fingerprint density at radius 3 is 2.00 bits per heavy atom. The summed E-state index contributed by atoms with van der Waals surface area (Å²) in [5.74, 6) is 0.527. The molecule has 206 valence electrons. The van der Waals surface area contributed by atoms with Gasteiger partial charge in [-0.15, -0.1) is 0 Å². The van der Waals surface area contributed by atoms with Crippen LogP contribution in [0.25, 0.3) is 0 Å². The van der Waals surface area contributed by atoms with Gasteiger partial charge in [0.1, 0.15) is 0 Å². The molecular formula is C30H50O6. The van der Waals surface area contributed by atoms with Gasteiger partial charge in [0, 0.05) is 16.7 Å². The van der Waals surface area contributed by atoms with Gasteiger partial charge >= 0.3 is 0 Å². The van der Waals surface area contributed by atoms with Crippen molar-refractivity contribution in [2.24, 2.45) is 50.2 Å². The van der Waals surface area contributed by atoms with Crippen LogP contribution >= 0.6 is 0 Å². The van der Waals surface area contributed by atoms with Crippen LogP contribution < -0.4 is 0 Å². The third-order valence-corrected chi connectivity index (χ3v) is 14.3. The first-order valence-corrected chi connectivity index (χ1v) is 14.6. The fourth-order valence-corrected chi connectivity index (χ4v) is 12.4. The zero-order valence-corrected chi connectivity index (χ0v) is 23.3. The predicted molar refractivity (Wildman–Crippen MR) is 136 cm³/mol. The van der Waals surface area contributed by atoms with E-state index >= 15 is 0 Å². The molecule has 6 heteroatoms. The molecule has 0 aromatic rings. The van der Waals surface area contributed by atoms with Crippen molar-refractivity contribution >= 4 is 0 Å². The van der Waals surface area contributed by atoms with E-state index in [-0.39, 0.29) is 40.1 Å². The molecule has 13 atom stereocenters. The maximum atomic E-state index is 11.9. The molecule has 6 nitrogen and oxygen atoms in total. The van der Waals surface area contributed by atoms with Crippen molar-refractivity contribution in [3.63, 3.8) is 0 Å². The highest BCUT2D eigenvalue weighted by Gasteiger charge is 2.83. The summed E-state index contributed by atoms with van der Waals surface area (Å²) >= 11 is 0. The van der Waals surface area contributed by atoms with Crippen LogP contribution in [0.1, 0.15) is 99.3 Å². The molecule has 5 aliphatic carbocycles. The first-order chi connectivity index (χ1) is 16.6. The van der Waals surface area contributed by atoms with E-state index in [4.69, 9.17) is 4.74 Å². The lowest BCUT2D eigenvalue weighted by Crippen LogP contribution is -2.75. The van der Waals surface area contributed by atoms with Crippen molar-refractivity contribution in [3.05, 3.63) is 0 Å². The second-order valence-corrected chi connectivity index (χ2v) is 15.9. The molecule has 0 unspecified atom stereocenters. The van der Waals surface area contributed by atoms with E-state index in [0.29, 0.717) is 25.2 Å². The van der Waals surface area contributed by atoms with Crippen molar-refractivity contribution in [2.75, 3.05) is 6.61 Å². The van der Waals surface area contributed by atoms with Crippen LogP contribution in [-0.4, -0.2) is 62.3 Å². The van der Waals surface area contributed by atoms with E-state index in [9.17, 15) is 25.5 Å². The Balaban J connectivity index is 1.48. The first-order valence-electron chi connectivity index (χ1n) is 14.6. The summed E-state index contributed by atoms with van der Waals surface area (Å²) in [6.07, 6.45) is 4.04. The lowest BCUT2D eigenvalue weighted by Gasteiger charge is -2.75. The van der Waals surface area contributed by atoms with Gasteiger partial charge in [-0.05, 0) is 85.9 Å². The van der Waals surface area contributed by atoms with Gasteiger partial charge in [0.25, 0.3) is 0 Å². The number of rotatable bonds is 1. The average Bonchev–Trinajstić information content (AvgIpc) is 2.99. The lowest BCUT2D eigenvalue weighted by molar-refractivity contribution is -0.307. The molecule has 5 saturated carbocycles. The molecule has 6 aliphatic rings. The molecule has 2 bridgehead atoms. The van der Waals surface area contributed by atoms with E-state index in [1.807, 2.05) is 0 Å². The van der Waals surface area contributed by atoms with Crippen molar-refractivity contribution in [1.29, 1.82) is 0 Å². The van der Waals surface area contributed by atoms with Gasteiger partial charge in [-0.25, -0.2) is 0 Å². The fraction of sp³-hybridized carbons (Fsp3) is 1.00. The maximum absolute atomic E-state index is 11.9. The van der Waals surface area contributed by atoms with Crippen molar-refractivity contribution in [2.45, 2.75) is 130 Å². The predicted octanol–water partition coefficient (Wildman–Crippen LogP) is 3.61. The normalized spacial score (nSPS) is 63.6. The highest BCUT2D eigenvalue weighted by Crippen LogP contribution is 2.81. The summed E-state index contributed by atoms with van der Waals surface area (Å²) < 4.78 is 6.77. The zero-order valence-electron chi connectivity index (χ0n) is 23.3. The van der Waals surface area contributed by atoms with Crippen molar-refractivity contribution in [1.82, 2.24) is 0 Å². The second kappa shape index (κ2) is 7.28. The molecule has 1 saturated heterocycles. The van der Waals surface area contributed by atoms with E-state index in [1.54, 1.807) is 0 Å². The molecular weight excluding hydrogens is 456 g/mol. The molecule has 36 heavy (non-hydrogen) atoms. The van der Waals surface area contributed by atoms with Crippen molar-refractivity contribution < 1.29 is 30.3 Å². The van der Waals surface area contributed by atoms with Crippen LogP contribution in [0.5, 0.6) is 0 Å². The monoisotopic (exact) mass is 506 g/mol. The zero-order chi connectivity index (χ0) is 26.3. The lowest BCUT2D eigenvalue weighted by atomic mass is 9.30. The molecule has 6 rings (SSSR count). The third kappa shape index (κ3) is 2.57. The maximum Gasteiger partial charge on any atom is 0.166 e. The van der Waals surface area contributed by atoms with Gasteiger partial charge < -0.3 is 30.3 Å². The SMILES string of the molecule is CC1(C)C[C@@H]2[C@@]3([C@H](O)C[C@]4(C)[C@@]2(CC[C@@H]2[C@@]5(C)CC[C@H](O)[C@@](C)(CO)[C@@H]5CC[C@]24C)O[C@H]3O)[C@@H](O)C1. The minimum Gasteiger partial charge on any atom is -0.396 e. The van der Waals surface area contributed by atoms with Crippen LogP contribution in [-0.2, 0) is 4.74 Å². The van der Waals surface area contributed by atoms with Gasteiger partial charge in [0.15, 0.2) is 6.29 Å². The van der Waals surface area contributed by atoms with Gasteiger partial charge in [-0.1, -0.05) is 41.5 Å². The number of ether oxygens (including phenoxy) is 1. The van der Waals surface area contributed by atoms with Crippen LogP contribution in [0.15, 0.2) is 0 Å². The molecule has 0 amide bonds. The highest BCUT2D eigenvalue weighted by atomic mass is 16.6. The van der Waals surface area contributed by atoms with E-state index in [0.717, 1.165) is 38.5 Å².